The maximum atomic E-state index is 5.83. The standard InChI is InChI=1S/C16H20N2O/c1-11-8-14(9-12(2)17)5-7-16(11)19-15-6-4-13(3)18-10-15/h4-8,10,12H,9,17H2,1-3H3. The van der Waals surface area contributed by atoms with E-state index >= 15 is 0 Å². The zero-order valence-electron chi connectivity index (χ0n) is 11.7. The Balaban J connectivity index is 2.15. The summed E-state index contributed by atoms with van der Waals surface area (Å²) in [6, 6.07) is 10.2. The minimum atomic E-state index is 0.174. The van der Waals surface area contributed by atoms with E-state index in [0.29, 0.717) is 0 Å². The van der Waals surface area contributed by atoms with Crippen molar-refractivity contribution in [2.45, 2.75) is 33.2 Å². The molecule has 2 aromatic rings. The smallest absolute Gasteiger partial charge is 0.145 e. The normalized spacial score (nSPS) is 12.2. The van der Waals surface area contributed by atoms with Crippen LogP contribution in [0.3, 0.4) is 0 Å². The van der Waals surface area contributed by atoms with E-state index in [0.717, 1.165) is 29.2 Å². The molecule has 1 aromatic carbocycles. The minimum absolute atomic E-state index is 0.174. The van der Waals surface area contributed by atoms with Crippen molar-refractivity contribution in [1.29, 1.82) is 0 Å². The summed E-state index contributed by atoms with van der Waals surface area (Å²) in [6.07, 6.45) is 2.62. The molecule has 3 nitrogen and oxygen atoms in total. The average Bonchev–Trinajstić information content (AvgIpc) is 2.34. The topological polar surface area (TPSA) is 48.1 Å². The first-order valence-electron chi connectivity index (χ1n) is 6.50. The van der Waals surface area contributed by atoms with Crippen molar-refractivity contribution in [2.24, 2.45) is 5.73 Å². The van der Waals surface area contributed by atoms with Crippen LogP contribution < -0.4 is 10.5 Å². The molecule has 2 rings (SSSR count). The highest BCUT2D eigenvalue weighted by Gasteiger charge is 2.04. The molecule has 19 heavy (non-hydrogen) atoms. The number of aryl methyl sites for hydroxylation is 2. The van der Waals surface area contributed by atoms with Crippen molar-refractivity contribution >= 4 is 0 Å². The second-order valence-corrected chi connectivity index (χ2v) is 5.02. The predicted molar refractivity (Wildman–Crippen MR) is 77.6 cm³/mol. The van der Waals surface area contributed by atoms with E-state index in [4.69, 9.17) is 10.5 Å². The Kier molecular flexibility index (Phi) is 4.17. The Hall–Kier alpha value is -1.87. The summed E-state index contributed by atoms with van der Waals surface area (Å²) < 4.78 is 5.83. The Morgan fingerprint density at radius 2 is 2.00 bits per heavy atom. The van der Waals surface area contributed by atoms with Gasteiger partial charge in [0.1, 0.15) is 11.5 Å². The molecular weight excluding hydrogens is 236 g/mol. The fourth-order valence-electron chi connectivity index (χ4n) is 1.97. The van der Waals surface area contributed by atoms with Gasteiger partial charge in [0.15, 0.2) is 0 Å². The molecule has 0 fully saturated rings. The Morgan fingerprint density at radius 3 is 2.58 bits per heavy atom. The van der Waals surface area contributed by atoms with Crippen molar-refractivity contribution in [3.8, 4) is 11.5 Å². The molecule has 0 amide bonds. The number of aromatic nitrogens is 1. The minimum Gasteiger partial charge on any atom is -0.455 e. The number of ether oxygens (including phenoxy) is 1. The van der Waals surface area contributed by atoms with Gasteiger partial charge in [-0.3, -0.25) is 4.98 Å². The summed E-state index contributed by atoms with van der Waals surface area (Å²) in [6.45, 7) is 6.01. The second kappa shape index (κ2) is 5.85. The van der Waals surface area contributed by atoms with Crippen LogP contribution in [0.25, 0.3) is 0 Å². The number of rotatable bonds is 4. The maximum absolute atomic E-state index is 5.83. The molecule has 3 heteroatoms. The lowest BCUT2D eigenvalue weighted by molar-refractivity contribution is 0.476. The van der Waals surface area contributed by atoms with Crippen LogP contribution in [0.2, 0.25) is 0 Å². The highest BCUT2D eigenvalue weighted by molar-refractivity contribution is 5.39. The number of pyridine rings is 1. The van der Waals surface area contributed by atoms with Crippen molar-refractivity contribution in [2.75, 3.05) is 0 Å². The zero-order chi connectivity index (χ0) is 13.8. The SMILES string of the molecule is Cc1ccc(Oc2ccc(CC(C)N)cc2C)cn1. The quantitative estimate of drug-likeness (QED) is 0.912. The van der Waals surface area contributed by atoms with Crippen molar-refractivity contribution in [1.82, 2.24) is 4.98 Å². The molecule has 1 unspecified atom stereocenters. The Morgan fingerprint density at radius 1 is 1.21 bits per heavy atom. The number of nitrogens with zero attached hydrogens (tertiary/aromatic N) is 1. The third kappa shape index (κ3) is 3.80. The van der Waals surface area contributed by atoms with E-state index in [1.54, 1.807) is 6.20 Å². The van der Waals surface area contributed by atoms with E-state index < -0.39 is 0 Å². The molecule has 0 saturated heterocycles. The van der Waals surface area contributed by atoms with Gasteiger partial charge in [0.25, 0.3) is 0 Å². The molecule has 1 heterocycles. The van der Waals surface area contributed by atoms with E-state index in [9.17, 15) is 0 Å². The first kappa shape index (κ1) is 13.6. The summed E-state index contributed by atoms with van der Waals surface area (Å²) >= 11 is 0. The largest absolute Gasteiger partial charge is 0.455 e. The summed E-state index contributed by atoms with van der Waals surface area (Å²) in [5.41, 5.74) is 9.14. The van der Waals surface area contributed by atoms with Crippen LogP contribution >= 0.6 is 0 Å². The molecule has 0 radical (unpaired) electrons. The van der Waals surface area contributed by atoms with Crippen LogP contribution in [0, 0.1) is 13.8 Å². The number of nitrogens with two attached hydrogens (primary N) is 1. The fraction of sp³-hybridized carbons (Fsp3) is 0.312. The number of hydrogen-bond acceptors (Lipinski definition) is 3. The molecular formula is C16H20N2O. The van der Waals surface area contributed by atoms with Crippen LogP contribution in [-0.2, 0) is 6.42 Å². The lowest BCUT2D eigenvalue weighted by Gasteiger charge is -2.11. The van der Waals surface area contributed by atoms with Crippen LogP contribution in [-0.4, -0.2) is 11.0 Å². The lowest BCUT2D eigenvalue weighted by Crippen LogP contribution is -2.17. The summed E-state index contributed by atoms with van der Waals surface area (Å²) in [7, 11) is 0. The second-order valence-electron chi connectivity index (χ2n) is 5.02. The van der Waals surface area contributed by atoms with Crippen LogP contribution in [0.15, 0.2) is 36.5 Å². The van der Waals surface area contributed by atoms with Crippen molar-refractivity contribution in [3.05, 3.63) is 53.3 Å². The highest BCUT2D eigenvalue weighted by atomic mass is 16.5. The molecule has 0 bridgehead atoms. The number of benzene rings is 1. The third-order valence-corrected chi connectivity index (χ3v) is 2.91. The van der Waals surface area contributed by atoms with Gasteiger partial charge < -0.3 is 10.5 Å². The van der Waals surface area contributed by atoms with E-state index in [-0.39, 0.29) is 6.04 Å². The zero-order valence-corrected chi connectivity index (χ0v) is 11.7. The predicted octanol–water partition coefficient (Wildman–Crippen LogP) is 3.38. The fourth-order valence-corrected chi connectivity index (χ4v) is 1.97. The molecule has 0 aliphatic heterocycles. The number of hydrogen-bond donors (Lipinski definition) is 1. The summed E-state index contributed by atoms with van der Waals surface area (Å²) in [5.74, 6) is 1.62. The van der Waals surface area contributed by atoms with Gasteiger partial charge in [-0.2, -0.15) is 0 Å². The molecule has 0 aliphatic rings. The summed E-state index contributed by atoms with van der Waals surface area (Å²) in [4.78, 5) is 4.22. The third-order valence-electron chi connectivity index (χ3n) is 2.91. The molecule has 100 valence electrons. The van der Waals surface area contributed by atoms with Gasteiger partial charge in [-0.05, 0) is 56.5 Å². The first-order valence-corrected chi connectivity index (χ1v) is 6.50. The molecule has 1 atom stereocenters. The lowest BCUT2D eigenvalue weighted by atomic mass is 10.0. The van der Waals surface area contributed by atoms with Crippen LogP contribution in [0.5, 0.6) is 11.5 Å². The van der Waals surface area contributed by atoms with Crippen molar-refractivity contribution in [3.63, 3.8) is 0 Å². The van der Waals surface area contributed by atoms with E-state index in [2.05, 4.69) is 17.1 Å². The molecule has 1 aromatic heterocycles. The van der Waals surface area contributed by atoms with Gasteiger partial charge in [-0.25, -0.2) is 0 Å². The van der Waals surface area contributed by atoms with Crippen LogP contribution in [0.4, 0.5) is 0 Å². The first-order chi connectivity index (χ1) is 9.04. The van der Waals surface area contributed by atoms with E-state index in [1.165, 1.54) is 5.56 Å². The monoisotopic (exact) mass is 256 g/mol. The van der Waals surface area contributed by atoms with Gasteiger partial charge in [-0.15, -0.1) is 0 Å². The van der Waals surface area contributed by atoms with Gasteiger partial charge in [0.05, 0.1) is 6.20 Å². The Bertz CT molecular complexity index is 547. The van der Waals surface area contributed by atoms with Gasteiger partial charge in [0.2, 0.25) is 0 Å². The Labute approximate surface area is 114 Å². The molecule has 0 aliphatic carbocycles. The van der Waals surface area contributed by atoms with Gasteiger partial charge in [0, 0.05) is 11.7 Å². The van der Waals surface area contributed by atoms with Crippen molar-refractivity contribution < 1.29 is 4.74 Å². The van der Waals surface area contributed by atoms with Gasteiger partial charge in [-0.1, -0.05) is 12.1 Å². The van der Waals surface area contributed by atoms with E-state index in [1.807, 2.05) is 39.0 Å². The summed E-state index contributed by atoms with van der Waals surface area (Å²) in [5, 5.41) is 0. The highest BCUT2D eigenvalue weighted by Crippen LogP contribution is 2.25. The average molecular weight is 256 g/mol. The van der Waals surface area contributed by atoms with Crippen LogP contribution in [0.1, 0.15) is 23.7 Å². The maximum Gasteiger partial charge on any atom is 0.145 e. The molecule has 2 N–H and O–H groups in total. The molecule has 0 spiro atoms. The molecule has 0 saturated carbocycles. The van der Waals surface area contributed by atoms with Gasteiger partial charge >= 0.3 is 0 Å².